The summed E-state index contributed by atoms with van der Waals surface area (Å²) in [7, 11) is 0. The smallest absolute Gasteiger partial charge is 0.322 e. The van der Waals surface area contributed by atoms with E-state index in [9.17, 15) is 0 Å². The second kappa shape index (κ2) is 6.33. The number of nitrogens with zero attached hydrogens (tertiary/aromatic N) is 4. The van der Waals surface area contributed by atoms with Crippen molar-refractivity contribution in [1.29, 1.82) is 0 Å². The molecule has 19 heavy (non-hydrogen) atoms. The zero-order valence-corrected chi connectivity index (χ0v) is 11.5. The van der Waals surface area contributed by atoms with Gasteiger partial charge in [0, 0.05) is 24.9 Å². The van der Waals surface area contributed by atoms with Crippen LogP contribution in [0.3, 0.4) is 0 Å². The van der Waals surface area contributed by atoms with Crippen molar-refractivity contribution in [3.05, 3.63) is 23.5 Å². The number of aromatic nitrogens is 5. The van der Waals surface area contributed by atoms with E-state index in [1.807, 2.05) is 13.8 Å². The topological polar surface area (TPSA) is 88.6 Å². The molecule has 0 aliphatic heterocycles. The monoisotopic (exact) mass is 282 g/mol. The minimum atomic E-state index is -0.0173. The largest absolute Gasteiger partial charge is 0.461 e. The molecule has 0 atom stereocenters. The Morgan fingerprint density at radius 1 is 1.37 bits per heavy atom. The molecule has 2 heterocycles. The van der Waals surface area contributed by atoms with Gasteiger partial charge in [0.2, 0.25) is 11.2 Å². The van der Waals surface area contributed by atoms with Crippen molar-refractivity contribution in [2.24, 2.45) is 0 Å². The molecule has 102 valence electrons. The maximum Gasteiger partial charge on any atom is 0.322 e. The van der Waals surface area contributed by atoms with Crippen LogP contribution in [0.4, 0.5) is 5.95 Å². The fourth-order valence-corrected chi connectivity index (χ4v) is 1.56. The molecule has 0 amide bonds. The van der Waals surface area contributed by atoms with Crippen LogP contribution in [0.25, 0.3) is 0 Å². The van der Waals surface area contributed by atoms with Crippen LogP contribution in [0, 0.1) is 0 Å². The molecular weight excluding hydrogens is 268 g/mol. The summed E-state index contributed by atoms with van der Waals surface area (Å²) in [5.74, 6) is 0.398. The van der Waals surface area contributed by atoms with Crippen molar-refractivity contribution in [2.45, 2.75) is 26.4 Å². The van der Waals surface area contributed by atoms with Crippen molar-refractivity contribution in [2.75, 3.05) is 11.9 Å². The highest BCUT2D eigenvalue weighted by molar-refractivity contribution is 6.28. The summed E-state index contributed by atoms with van der Waals surface area (Å²) < 4.78 is 5.39. The highest BCUT2D eigenvalue weighted by Gasteiger charge is 2.07. The first-order valence-corrected chi connectivity index (χ1v) is 6.30. The average molecular weight is 283 g/mol. The van der Waals surface area contributed by atoms with E-state index < -0.39 is 0 Å². The van der Waals surface area contributed by atoms with Crippen LogP contribution in [0.15, 0.2) is 12.5 Å². The van der Waals surface area contributed by atoms with Gasteiger partial charge in [-0.2, -0.15) is 15.0 Å². The van der Waals surface area contributed by atoms with Crippen LogP contribution in [0.2, 0.25) is 5.28 Å². The molecule has 2 rings (SSSR count). The molecule has 0 fully saturated rings. The first kappa shape index (κ1) is 13.5. The molecule has 0 spiro atoms. The molecule has 0 aromatic carbocycles. The lowest BCUT2D eigenvalue weighted by Crippen LogP contribution is -2.13. The maximum atomic E-state index is 5.81. The Hall–Kier alpha value is -1.89. The first-order valence-electron chi connectivity index (χ1n) is 5.93. The van der Waals surface area contributed by atoms with Gasteiger partial charge in [-0.1, -0.05) is 0 Å². The van der Waals surface area contributed by atoms with Gasteiger partial charge in [-0.05, 0) is 25.4 Å². The Labute approximate surface area is 115 Å². The maximum absolute atomic E-state index is 5.81. The van der Waals surface area contributed by atoms with Gasteiger partial charge >= 0.3 is 6.01 Å². The third kappa shape index (κ3) is 4.36. The van der Waals surface area contributed by atoms with E-state index in [0.717, 1.165) is 12.1 Å². The minimum Gasteiger partial charge on any atom is -0.461 e. The van der Waals surface area contributed by atoms with Gasteiger partial charge in [0.1, 0.15) is 0 Å². The molecule has 0 saturated carbocycles. The van der Waals surface area contributed by atoms with Gasteiger partial charge < -0.3 is 15.0 Å². The third-order valence-electron chi connectivity index (χ3n) is 2.16. The summed E-state index contributed by atoms with van der Waals surface area (Å²) in [5.41, 5.74) is 1.03. The van der Waals surface area contributed by atoms with E-state index in [-0.39, 0.29) is 17.4 Å². The number of halogens is 1. The van der Waals surface area contributed by atoms with E-state index in [1.165, 1.54) is 0 Å². The van der Waals surface area contributed by atoms with Crippen molar-refractivity contribution in [3.63, 3.8) is 0 Å². The fourth-order valence-electron chi connectivity index (χ4n) is 1.40. The highest BCUT2D eigenvalue weighted by Crippen LogP contribution is 2.12. The van der Waals surface area contributed by atoms with Gasteiger partial charge in [-0.3, -0.25) is 0 Å². The first-order chi connectivity index (χ1) is 9.13. The summed E-state index contributed by atoms with van der Waals surface area (Å²) >= 11 is 5.81. The van der Waals surface area contributed by atoms with E-state index in [2.05, 4.69) is 30.2 Å². The van der Waals surface area contributed by atoms with Crippen LogP contribution in [0.5, 0.6) is 6.01 Å². The van der Waals surface area contributed by atoms with Crippen LogP contribution in [0.1, 0.15) is 19.5 Å². The summed E-state index contributed by atoms with van der Waals surface area (Å²) in [6.45, 7) is 4.44. The number of imidazole rings is 1. The zero-order valence-electron chi connectivity index (χ0n) is 10.7. The third-order valence-corrected chi connectivity index (χ3v) is 2.33. The molecule has 2 aromatic heterocycles. The predicted molar refractivity (Wildman–Crippen MR) is 71.4 cm³/mol. The fraction of sp³-hybridized carbons (Fsp3) is 0.455. The standard InChI is InChI=1S/C11H15ClN6O/c1-7(2)19-11-17-9(12)16-10(18-11)14-4-3-8-5-13-6-15-8/h5-7H,3-4H2,1-2H3,(H,13,15)(H,14,16,17,18). The van der Waals surface area contributed by atoms with Crippen molar-refractivity contribution in [3.8, 4) is 6.01 Å². The number of hydrogen-bond donors (Lipinski definition) is 2. The van der Waals surface area contributed by atoms with Crippen molar-refractivity contribution in [1.82, 2.24) is 24.9 Å². The summed E-state index contributed by atoms with van der Waals surface area (Å²) in [4.78, 5) is 19.0. The lowest BCUT2D eigenvalue weighted by atomic mass is 10.3. The molecular formula is C11H15ClN6O. The van der Waals surface area contributed by atoms with E-state index in [4.69, 9.17) is 16.3 Å². The predicted octanol–water partition coefficient (Wildman–Crippen LogP) is 1.69. The number of ether oxygens (including phenoxy) is 1. The van der Waals surface area contributed by atoms with Crippen LogP contribution < -0.4 is 10.1 Å². The number of aromatic amines is 1. The van der Waals surface area contributed by atoms with Crippen LogP contribution in [-0.4, -0.2) is 37.6 Å². The average Bonchev–Trinajstić information content (AvgIpc) is 2.80. The molecule has 2 aromatic rings. The van der Waals surface area contributed by atoms with E-state index in [1.54, 1.807) is 12.5 Å². The molecule has 0 bridgehead atoms. The lowest BCUT2D eigenvalue weighted by molar-refractivity contribution is 0.222. The Balaban J connectivity index is 1.93. The van der Waals surface area contributed by atoms with E-state index >= 15 is 0 Å². The molecule has 2 N–H and O–H groups in total. The van der Waals surface area contributed by atoms with Gasteiger partial charge in [-0.15, -0.1) is 0 Å². The SMILES string of the molecule is CC(C)Oc1nc(Cl)nc(NCCc2cnc[nH]2)n1. The summed E-state index contributed by atoms with van der Waals surface area (Å²) in [6, 6.07) is 0.221. The molecule has 0 radical (unpaired) electrons. The van der Waals surface area contributed by atoms with Gasteiger partial charge in [0.15, 0.2) is 0 Å². The quantitative estimate of drug-likeness (QED) is 0.838. The number of H-pyrrole nitrogens is 1. The lowest BCUT2D eigenvalue weighted by Gasteiger charge is -2.09. The second-order valence-corrected chi connectivity index (χ2v) is 4.47. The number of hydrogen-bond acceptors (Lipinski definition) is 6. The summed E-state index contributed by atoms with van der Waals surface area (Å²) in [6.07, 6.45) is 4.18. The Bertz CT molecular complexity index is 516. The molecule has 8 heteroatoms. The number of nitrogens with one attached hydrogen (secondary N) is 2. The van der Waals surface area contributed by atoms with Gasteiger partial charge in [-0.25, -0.2) is 4.98 Å². The van der Waals surface area contributed by atoms with Crippen molar-refractivity contribution >= 4 is 17.5 Å². The molecule has 0 aliphatic rings. The Morgan fingerprint density at radius 3 is 2.89 bits per heavy atom. The zero-order chi connectivity index (χ0) is 13.7. The Morgan fingerprint density at radius 2 is 2.21 bits per heavy atom. The molecule has 0 saturated heterocycles. The van der Waals surface area contributed by atoms with Gasteiger partial charge in [0.05, 0.1) is 12.4 Å². The summed E-state index contributed by atoms with van der Waals surface area (Å²) in [5, 5.41) is 3.17. The van der Waals surface area contributed by atoms with Crippen LogP contribution in [-0.2, 0) is 6.42 Å². The second-order valence-electron chi connectivity index (χ2n) is 4.13. The van der Waals surface area contributed by atoms with Crippen molar-refractivity contribution < 1.29 is 4.74 Å². The van der Waals surface area contributed by atoms with Gasteiger partial charge in [0.25, 0.3) is 0 Å². The Kier molecular flexibility index (Phi) is 4.51. The molecule has 7 nitrogen and oxygen atoms in total. The van der Waals surface area contributed by atoms with Crippen LogP contribution >= 0.6 is 11.6 Å². The molecule has 0 aliphatic carbocycles. The highest BCUT2D eigenvalue weighted by atomic mass is 35.5. The number of rotatable bonds is 6. The molecule has 0 unspecified atom stereocenters. The minimum absolute atomic E-state index is 0.0173. The van der Waals surface area contributed by atoms with E-state index in [0.29, 0.717) is 12.5 Å². The normalized spacial score (nSPS) is 10.7. The number of anilines is 1.